The highest BCUT2D eigenvalue weighted by molar-refractivity contribution is 6.31. The lowest BCUT2D eigenvalue weighted by molar-refractivity contribution is 0.417. The number of benzene rings is 1. The van der Waals surface area contributed by atoms with Crippen molar-refractivity contribution < 1.29 is 0 Å². The van der Waals surface area contributed by atoms with Gasteiger partial charge in [0, 0.05) is 10.6 Å². The molecule has 0 amide bonds. The van der Waals surface area contributed by atoms with Crippen molar-refractivity contribution in [3.05, 3.63) is 46.5 Å². The molecule has 0 bridgehead atoms. The number of hydrogen-bond acceptors (Lipinski definition) is 3. The third kappa shape index (κ3) is 4.32. The van der Waals surface area contributed by atoms with E-state index in [-0.39, 0.29) is 5.54 Å². The Morgan fingerprint density at radius 3 is 2.70 bits per heavy atom. The van der Waals surface area contributed by atoms with Gasteiger partial charge < -0.3 is 5.32 Å². The van der Waals surface area contributed by atoms with Gasteiger partial charge in [0.1, 0.15) is 6.33 Å². The number of nitrogens with zero attached hydrogens (tertiary/aromatic N) is 3. The van der Waals surface area contributed by atoms with E-state index in [1.165, 1.54) is 0 Å². The van der Waals surface area contributed by atoms with Crippen molar-refractivity contribution in [2.45, 2.75) is 46.3 Å². The predicted octanol–water partition coefficient (Wildman–Crippen LogP) is 3.18. The van der Waals surface area contributed by atoms with Crippen LogP contribution in [0.5, 0.6) is 0 Å². The number of halogens is 1. The Morgan fingerprint density at radius 1 is 1.30 bits per heavy atom. The molecule has 0 radical (unpaired) electrons. The quantitative estimate of drug-likeness (QED) is 0.941. The molecule has 20 heavy (non-hydrogen) atoms. The summed E-state index contributed by atoms with van der Waals surface area (Å²) in [5.41, 5.74) is 2.27. The zero-order chi connectivity index (χ0) is 14.8. The van der Waals surface area contributed by atoms with Crippen molar-refractivity contribution in [1.29, 1.82) is 0 Å². The van der Waals surface area contributed by atoms with Gasteiger partial charge in [-0.2, -0.15) is 5.10 Å². The smallest absolute Gasteiger partial charge is 0.164 e. The molecule has 0 spiro atoms. The van der Waals surface area contributed by atoms with Crippen molar-refractivity contribution in [2.24, 2.45) is 0 Å². The fourth-order valence-electron chi connectivity index (χ4n) is 1.79. The average molecular weight is 293 g/mol. The lowest BCUT2D eigenvalue weighted by Gasteiger charge is -2.19. The van der Waals surface area contributed by atoms with Crippen LogP contribution in [0.1, 0.15) is 37.7 Å². The molecule has 0 atom stereocenters. The molecule has 1 heterocycles. The highest BCUT2D eigenvalue weighted by Gasteiger charge is 2.10. The van der Waals surface area contributed by atoms with Crippen molar-refractivity contribution in [1.82, 2.24) is 20.1 Å². The zero-order valence-corrected chi connectivity index (χ0v) is 13.2. The highest BCUT2D eigenvalue weighted by Crippen LogP contribution is 2.18. The fourth-order valence-corrected chi connectivity index (χ4v) is 2.08. The van der Waals surface area contributed by atoms with Gasteiger partial charge in [-0.1, -0.05) is 23.7 Å². The van der Waals surface area contributed by atoms with Crippen LogP contribution >= 0.6 is 11.6 Å². The Labute approximate surface area is 125 Å². The third-order valence-electron chi connectivity index (χ3n) is 2.90. The molecule has 0 aliphatic rings. The summed E-state index contributed by atoms with van der Waals surface area (Å²) in [5.74, 6) is 0.795. The average Bonchev–Trinajstić information content (AvgIpc) is 2.77. The van der Waals surface area contributed by atoms with Crippen LogP contribution in [0.2, 0.25) is 5.02 Å². The first-order valence-electron chi connectivity index (χ1n) is 6.72. The van der Waals surface area contributed by atoms with Gasteiger partial charge in [-0.3, -0.25) is 0 Å². The Bertz CT molecular complexity index is 584. The fraction of sp³-hybridized carbons (Fsp3) is 0.467. The highest BCUT2D eigenvalue weighted by atomic mass is 35.5. The molecular weight excluding hydrogens is 272 g/mol. The molecule has 0 aliphatic carbocycles. The first-order valence-corrected chi connectivity index (χ1v) is 7.10. The van der Waals surface area contributed by atoms with E-state index in [1.54, 1.807) is 6.33 Å². The maximum absolute atomic E-state index is 6.23. The molecule has 0 unspecified atom stereocenters. The zero-order valence-electron chi connectivity index (χ0n) is 12.4. The van der Waals surface area contributed by atoms with Gasteiger partial charge in [0.15, 0.2) is 5.82 Å². The first-order chi connectivity index (χ1) is 9.33. The maximum atomic E-state index is 6.23. The molecule has 0 saturated heterocycles. The van der Waals surface area contributed by atoms with E-state index in [4.69, 9.17) is 11.6 Å². The number of aryl methyl sites for hydroxylation is 1. The van der Waals surface area contributed by atoms with E-state index in [2.05, 4.69) is 42.2 Å². The summed E-state index contributed by atoms with van der Waals surface area (Å²) in [7, 11) is 0. The van der Waals surface area contributed by atoms with Crippen LogP contribution in [0.15, 0.2) is 24.5 Å². The van der Waals surface area contributed by atoms with E-state index in [0.29, 0.717) is 13.1 Å². The van der Waals surface area contributed by atoms with Crippen LogP contribution in [0.25, 0.3) is 0 Å². The van der Waals surface area contributed by atoms with Crippen LogP contribution in [0.3, 0.4) is 0 Å². The normalized spacial score (nSPS) is 11.8. The van der Waals surface area contributed by atoms with Crippen LogP contribution in [0, 0.1) is 6.92 Å². The minimum absolute atomic E-state index is 0.0612. The van der Waals surface area contributed by atoms with E-state index in [0.717, 1.165) is 22.0 Å². The summed E-state index contributed by atoms with van der Waals surface area (Å²) in [4.78, 5) is 4.31. The van der Waals surface area contributed by atoms with Crippen LogP contribution < -0.4 is 5.32 Å². The van der Waals surface area contributed by atoms with Gasteiger partial charge in [-0.05, 0) is 44.9 Å². The number of hydrogen-bond donors (Lipinski definition) is 1. The second-order valence-corrected chi connectivity index (χ2v) is 6.46. The van der Waals surface area contributed by atoms with Gasteiger partial charge in [-0.15, -0.1) is 0 Å². The molecule has 1 aromatic carbocycles. The Balaban J connectivity index is 2.02. The summed E-state index contributed by atoms with van der Waals surface area (Å²) in [6.45, 7) is 9.70. The lowest BCUT2D eigenvalue weighted by atomic mass is 10.1. The monoisotopic (exact) mass is 292 g/mol. The second kappa shape index (κ2) is 5.94. The third-order valence-corrected chi connectivity index (χ3v) is 3.25. The van der Waals surface area contributed by atoms with Gasteiger partial charge in [0.05, 0.1) is 13.1 Å². The van der Waals surface area contributed by atoms with Gasteiger partial charge >= 0.3 is 0 Å². The predicted molar refractivity (Wildman–Crippen MR) is 81.9 cm³/mol. The molecule has 0 aliphatic heterocycles. The van der Waals surface area contributed by atoms with Crippen molar-refractivity contribution >= 4 is 11.6 Å². The van der Waals surface area contributed by atoms with E-state index < -0.39 is 0 Å². The van der Waals surface area contributed by atoms with Gasteiger partial charge in [0.2, 0.25) is 0 Å². The van der Waals surface area contributed by atoms with Gasteiger partial charge in [0.25, 0.3) is 0 Å². The number of rotatable bonds is 4. The molecule has 1 N–H and O–H groups in total. The SMILES string of the molecule is Cc1ccc(Cn2cnc(CNC(C)(C)C)n2)c(Cl)c1. The minimum atomic E-state index is 0.0612. The topological polar surface area (TPSA) is 42.7 Å². The molecule has 4 nitrogen and oxygen atoms in total. The van der Waals surface area contributed by atoms with E-state index in [9.17, 15) is 0 Å². The molecular formula is C15H21ClN4. The largest absolute Gasteiger partial charge is 0.305 e. The molecule has 5 heteroatoms. The molecule has 2 rings (SSSR count). The molecule has 0 saturated carbocycles. The van der Waals surface area contributed by atoms with Crippen molar-refractivity contribution in [3.63, 3.8) is 0 Å². The van der Waals surface area contributed by atoms with Gasteiger partial charge in [-0.25, -0.2) is 9.67 Å². The number of nitrogens with one attached hydrogen (secondary N) is 1. The Morgan fingerprint density at radius 2 is 2.05 bits per heavy atom. The molecule has 108 valence electrons. The maximum Gasteiger partial charge on any atom is 0.164 e. The van der Waals surface area contributed by atoms with Crippen molar-refractivity contribution in [3.8, 4) is 0 Å². The Kier molecular flexibility index (Phi) is 4.45. The van der Waals surface area contributed by atoms with Crippen LogP contribution in [-0.4, -0.2) is 20.3 Å². The standard InChI is InChI=1S/C15H21ClN4/c1-11-5-6-12(13(16)7-11)9-20-10-17-14(19-20)8-18-15(2,3)4/h5-7,10,18H,8-9H2,1-4H3. The summed E-state index contributed by atoms with van der Waals surface area (Å²) in [6.07, 6.45) is 1.75. The van der Waals surface area contributed by atoms with Crippen molar-refractivity contribution in [2.75, 3.05) is 0 Å². The Hall–Kier alpha value is -1.39. The summed E-state index contributed by atoms with van der Waals surface area (Å²) in [6, 6.07) is 6.06. The second-order valence-electron chi connectivity index (χ2n) is 6.06. The molecule has 0 fully saturated rings. The van der Waals surface area contributed by atoms with E-state index >= 15 is 0 Å². The minimum Gasteiger partial charge on any atom is -0.305 e. The van der Waals surface area contributed by atoms with Crippen LogP contribution in [0.4, 0.5) is 0 Å². The summed E-state index contributed by atoms with van der Waals surface area (Å²) < 4.78 is 1.82. The summed E-state index contributed by atoms with van der Waals surface area (Å²) in [5, 5.41) is 8.60. The molecule has 2 aromatic rings. The lowest BCUT2D eigenvalue weighted by Crippen LogP contribution is -2.35. The van der Waals surface area contributed by atoms with Crippen LogP contribution in [-0.2, 0) is 13.1 Å². The summed E-state index contributed by atoms with van der Waals surface area (Å²) >= 11 is 6.23. The number of aromatic nitrogens is 3. The first kappa shape index (κ1) is 15.0. The molecule has 1 aromatic heterocycles. The van der Waals surface area contributed by atoms with E-state index in [1.807, 2.05) is 23.7 Å².